The largest absolute Gasteiger partial charge is 0.490 e. The predicted octanol–water partition coefficient (Wildman–Crippen LogP) is 8.65. The Bertz CT molecular complexity index is 1600. The number of anilines is 3. The minimum Gasteiger partial charge on any atom is -0.490 e. The first-order chi connectivity index (χ1) is 21.0. The maximum absolute atomic E-state index is 11.8. The molecule has 4 aromatic rings. The molecule has 0 amide bonds. The van der Waals surface area contributed by atoms with E-state index in [-0.39, 0.29) is 18.8 Å². The van der Waals surface area contributed by atoms with Gasteiger partial charge in [0.2, 0.25) is 0 Å². The molecule has 0 aliphatic carbocycles. The highest BCUT2D eigenvalue weighted by Crippen LogP contribution is 2.37. The van der Waals surface area contributed by atoms with Gasteiger partial charge in [-0.05, 0) is 117 Å². The van der Waals surface area contributed by atoms with Crippen molar-refractivity contribution in [3.63, 3.8) is 0 Å². The standard InChI is InChI=1S/C38H39NO5/c1-8-37(40)44-36(24-43-38(41)25(2)3)23-42-35-19-13-31(14-20-35)30-11-17-32(18-12-30)39(33-15-9-26(4)28(6)21-33)34-16-10-27(5)29(7)22-34/h8-22,36H,1-2,23-24H2,3-7H3. The Labute approximate surface area is 260 Å². The number of esters is 2. The van der Waals surface area contributed by atoms with Crippen LogP contribution in [0.1, 0.15) is 29.2 Å². The van der Waals surface area contributed by atoms with E-state index in [1.807, 2.05) is 24.3 Å². The van der Waals surface area contributed by atoms with E-state index in [0.29, 0.717) is 5.75 Å². The number of ether oxygens (including phenoxy) is 3. The van der Waals surface area contributed by atoms with Gasteiger partial charge < -0.3 is 19.1 Å². The second-order valence-corrected chi connectivity index (χ2v) is 10.9. The van der Waals surface area contributed by atoms with Gasteiger partial charge in [-0.2, -0.15) is 0 Å². The van der Waals surface area contributed by atoms with Crippen LogP contribution in [0.15, 0.2) is 110 Å². The highest BCUT2D eigenvalue weighted by Gasteiger charge is 2.18. The second-order valence-electron chi connectivity index (χ2n) is 10.9. The Morgan fingerprint density at radius 1 is 0.727 bits per heavy atom. The highest BCUT2D eigenvalue weighted by molar-refractivity contribution is 5.87. The molecule has 0 aliphatic heterocycles. The lowest BCUT2D eigenvalue weighted by Crippen LogP contribution is -2.30. The van der Waals surface area contributed by atoms with Gasteiger partial charge in [-0.25, -0.2) is 9.59 Å². The molecule has 0 aromatic heterocycles. The third kappa shape index (κ3) is 8.04. The Morgan fingerprint density at radius 3 is 1.70 bits per heavy atom. The third-order valence-electron chi connectivity index (χ3n) is 7.44. The molecule has 0 spiro atoms. The summed E-state index contributed by atoms with van der Waals surface area (Å²) in [6.07, 6.45) is 0.254. The molecule has 0 radical (unpaired) electrons. The van der Waals surface area contributed by atoms with Gasteiger partial charge in [-0.1, -0.05) is 49.6 Å². The molecule has 0 saturated carbocycles. The average molecular weight is 590 g/mol. The minimum atomic E-state index is -0.798. The van der Waals surface area contributed by atoms with E-state index in [1.165, 1.54) is 22.3 Å². The number of benzene rings is 4. The summed E-state index contributed by atoms with van der Waals surface area (Å²) in [7, 11) is 0. The summed E-state index contributed by atoms with van der Waals surface area (Å²) in [6, 6.07) is 29.3. The molecule has 4 aromatic carbocycles. The van der Waals surface area contributed by atoms with Gasteiger partial charge >= 0.3 is 11.9 Å². The minimum absolute atomic E-state index is 0.00387. The smallest absolute Gasteiger partial charge is 0.333 e. The predicted molar refractivity (Wildman–Crippen MR) is 177 cm³/mol. The molecule has 0 aliphatic rings. The average Bonchev–Trinajstić information content (AvgIpc) is 3.02. The Hall–Kier alpha value is -5.10. The second kappa shape index (κ2) is 14.4. The fourth-order valence-corrected chi connectivity index (χ4v) is 4.53. The molecular formula is C38H39NO5. The van der Waals surface area contributed by atoms with Gasteiger partial charge in [0, 0.05) is 28.7 Å². The maximum Gasteiger partial charge on any atom is 0.333 e. The number of carbonyl (C=O) groups excluding carboxylic acids is 2. The van der Waals surface area contributed by atoms with Crippen LogP contribution >= 0.6 is 0 Å². The molecule has 6 heteroatoms. The van der Waals surface area contributed by atoms with Crippen LogP contribution in [0.4, 0.5) is 17.1 Å². The van der Waals surface area contributed by atoms with Crippen LogP contribution in [0.5, 0.6) is 5.75 Å². The van der Waals surface area contributed by atoms with Crippen molar-refractivity contribution >= 4 is 29.0 Å². The summed E-state index contributed by atoms with van der Waals surface area (Å²) >= 11 is 0. The fourth-order valence-electron chi connectivity index (χ4n) is 4.53. The number of aryl methyl sites for hydroxylation is 4. The summed E-state index contributed by atoms with van der Waals surface area (Å²) in [6.45, 7) is 16.9. The molecule has 0 bridgehead atoms. The molecule has 0 N–H and O–H groups in total. The van der Waals surface area contributed by atoms with E-state index < -0.39 is 18.0 Å². The molecular weight excluding hydrogens is 550 g/mol. The first-order valence-corrected chi connectivity index (χ1v) is 14.5. The first kappa shape index (κ1) is 31.8. The molecule has 0 saturated heterocycles. The van der Waals surface area contributed by atoms with Crippen molar-refractivity contribution in [2.24, 2.45) is 0 Å². The lowest BCUT2D eigenvalue weighted by atomic mass is 10.0. The molecule has 6 nitrogen and oxygen atoms in total. The van der Waals surface area contributed by atoms with Gasteiger partial charge in [-0.3, -0.25) is 0 Å². The van der Waals surface area contributed by atoms with Crippen molar-refractivity contribution in [3.8, 4) is 16.9 Å². The number of rotatable bonds is 12. The summed E-state index contributed by atoms with van der Waals surface area (Å²) in [5.74, 6) is -0.602. The summed E-state index contributed by atoms with van der Waals surface area (Å²) < 4.78 is 16.3. The molecule has 4 rings (SSSR count). The Kier molecular flexibility index (Phi) is 10.4. The van der Waals surface area contributed by atoms with Crippen molar-refractivity contribution in [1.29, 1.82) is 0 Å². The lowest BCUT2D eigenvalue weighted by molar-refractivity contribution is -0.154. The van der Waals surface area contributed by atoms with Crippen LogP contribution in [0.2, 0.25) is 0 Å². The van der Waals surface area contributed by atoms with E-state index in [0.717, 1.165) is 34.3 Å². The number of hydrogen-bond donors (Lipinski definition) is 0. The van der Waals surface area contributed by atoms with E-state index in [4.69, 9.17) is 14.2 Å². The number of hydrogen-bond acceptors (Lipinski definition) is 6. The van der Waals surface area contributed by atoms with Crippen LogP contribution in [0.25, 0.3) is 11.1 Å². The van der Waals surface area contributed by atoms with Crippen molar-refractivity contribution in [3.05, 3.63) is 132 Å². The normalized spacial score (nSPS) is 11.3. The summed E-state index contributed by atoms with van der Waals surface area (Å²) in [5.41, 5.74) is 10.6. The Balaban J connectivity index is 1.51. The summed E-state index contributed by atoms with van der Waals surface area (Å²) in [4.78, 5) is 25.8. The van der Waals surface area contributed by atoms with Crippen LogP contribution in [0, 0.1) is 27.7 Å². The topological polar surface area (TPSA) is 65.1 Å². The van der Waals surface area contributed by atoms with Gasteiger partial charge in [0.15, 0.2) is 6.10 Å². The van der Waals surface area contributed by atoms with Crippen molar-refractivity contribution in [2.45, 2.75) is 40.7 Å². The van der Waals surface area contributed by atoms with E-state index >= 15 is 0 Å². The highest BCUT2D eigenvalue weighted by atomic mass is 16.6. The van der Waals surface area contributed by atoms with Crippen LogP contribution in [-0.4, -0.2) is 31.3 Å². The van der Waals surface area contributed by atoms with Crippen molar-refractivity contribution in [2.75, 3.05) is 18.1 Å². The monoisotopic (exact) mass is 589 g/mol. The van der Waals surface area contributed by atoms with Crippen LogP contribution in [-0.2, 0) is 19.1 Å². The maximum atomic E-state index is 11.8. The van der Waals surface area contributed by atoms with Gasteiger partial charge in [0.25, 0.3) is 0 Å². The van der Waals surface area contributed by atoms with E-state index in [1.54, 1.807) is 6.92 Å². The quantitative estimate of drug-likeness (QED) is 0.122. The van der Waals surface area contributed by atoms with E-state index in [9.17, 15) is 9.59 Å². The van der Waals surface area contributed by atoms with E-state index in [2.05, 4.69) is 106 Å². The Morgan fingerprint density at radius 2 is 1.23 bits per heavy atom. The number of nitrogens with zero attached hydrogens (tertiary/aromatic N) is 1. The van der Waals surface area contributed by atoms with Gasteiger partial charge in [0.1, 0.15) is 19.0 Å². The van der Waals surface area contributed by atoms with Crippen LogP contribution < -0.4 is 9.64 Å². The van der Waals surface area contributed by atoms with Gasteiger partial charge in [0.05, 0.1) is 0 Å². The molecule has 1 unspecified atom stereocenters. The fraction of sp³-hybridized carbons (Fsp3) is 0.211. The van der Waals surface area contributed by atoms with Crippen molar-refractivity contribution in [1.82, 2.24) is 0 Å². The summed E-state index contributed by atoms with van der Waals surface area (Å²) in [5, 5.41) is 0. The number of carbonyl (C=O) groups is 2. The molecule has 1 atom stereocenters. The first-order valence-electron chi connectivity index (χ1n) is 14.5. The lowest BCUT2D eigenvalue weighted by Gasteiger charge is -2.27. The zero-order valence-corrected chi connectivity index (χ0v) is 26.1. The molecule has 226 valence electrons. The molecule has 0 heterocycles. The van der Waals surface area contributed by atoms with Gasteiger partial charge in [-0.15, -0.1) is 0 Å². The zero-order chi connectivity index (χ0) is 31.8. The molecule has 0 fully saturated rings. The van der Waals surface area contributed by atoms with Crippen LogP contribution in [0.3, 0.4) is 0 Å². The SMILES string of the molecule is C=CC(=O)OC(COC(=O)C(=C)C)COc1ccc(-c2ccc(N(c3ccc(C)c(C)c3)c3ccc(C)c(C)c3)cc2)cc1. The third-order valence-corrected chi connectivity index (χ3v) is 7.44. The zero-order valence-electron chi connectivity index (χ0n) is 26.1. The molecule has 44 heavy (non-hydrogen) atoms. The van der Waals surface area contributed by atoms with Crippen molar-refractivity contribution < 1.29 is 23.8 Å².